The Morgan fingerprint density at radius 3 is 2.62 bits per heavy atom. The minimum absolute atomic E-state index is 0.358. The van der Waals surface area contributed by atoms with Gasteiger partial charge in [0, 0.05) is 5.56 Å². The highest BCUT2D eigenvalue weighted by Crippen LogP contribution is 2.19. The molecule has 0 unspecified atom stereocenters. The van der Waals surface area contributed by atoms with Gasteiger partial charge in [0.1, 0.15) is 5.75 Å². The van der Waals surface area contributed by atoms with Crippen molar-refractivity contribution in [2.45, 2.75) is 6.92 Å². The molecule has 4 heteroatoms. The molecule has 0 fully saturated rings. The van der Waals surface area contributed by atoms with Crippen molar-refractivity contribution in [1.82, 2.24) is 0 Å². The quantitative estimate of drug-likeness (QED) is 0.750. The van der Waals surface area contributed by atoms with E-state index < -0.39 is 11.0 Å². The second-order valence-electron chi connectivity index (χ2n) is 2.35. The minimum atomic E-state index is -2.84. The van der Waals surface area contributed by atoms with E-state index in [4.69, 9.17) is 0 Å². The van der Waals surface area contributed by atoms with Crippen molar-refractivity contribution < 1.29 is 12.6 Å². The van der Waals surface area contributed by atoms with Crippen LogP contribution >= 0.6 is 0 Å². The lowest BCUT2D eigenvalue weighted by Gasteiger charge is -2.01. The largest absolute Gasteiger partial charge is 0.384 e. The number of para-hydroxylation sites is 1. The Balaban J connectivity index is 3.04. The Hall–Kier alpha value is -1.29. The molecule has 0 radical (unpaired) electrons. The van der Waals surface area contributed by atoms with Crippen LogP contribution in [0, 0.1) is 0 Å². The molecule has 0 N–H and O–H groups in total. The van der Waals surface area contributed by atoms with Gasteiger partial charge in [-0.3, -0.25) is 0 Å². The molecule has 0 heterocycles. The molecule has 0 atom stereocenters. The first kappa shape index (κ1) is 9.80. The lowest BCUT2D eigenvalue weighted by molar-refractivity contribution is 0.510. The standard InChI is InChI=1S/C9H10O3S/c1-2-5-8-6-3-4-7-9(8)12-13(10)11/h2-7,13H,1H3. The Labute approximate surface area is 78.8 Å². The van der Waals surface area contributed by atoms with E-state index in [1.165, 1.54) is 0 Å². The zero-order valence-electron chi connectivity index (χ0n) is 7.14. The fraction of sp³-hybridized carbons (Fsp3) is 0.111. The molecule has 1 rings (SSSR count). The summed E-state index contributed by atoms with van der Waals surface area (Å²) in [6, 6.07) is 6.94. The van der Waals surface area contributed by atoms with Gasteiger partial charge in [0.2, 0.25) is 0 Å². The molecule has 0 aliphatic heterocycles. The van der Waals surface area contributed by atoms with Crippen LogP contribution in [0.15, 0.2) is 30.3 Å². The molecule has 0 aliphatic carbocycles. The summed E-state index contributed by atoms with van der Waals surface area (Å²) >= 11 is 0. The average molecular weight is 198 g/mol. The summed E-state index contributed by atoms with van der Waals surface area (Å²) in [4.78, 5) is 0. The van der Waals surface area contributed by atoms with Gasteiger partial charge in [0.25, 0.3) is 11.0 Å². The summed E-state index contributed by atoms with van der Waals surface area (Å²) in [7, 11) is -2.84. The second-order valence-corrected chi connectivity index (χ2v) is 2.98. The van der Waals surface area contributed by atoms with E-state index >= 15 is 0 Å². The molecule has 0 bridgehead atoms. The van der Waals surface area contributed by atoms with Crippen molar-refractivity contribution >= 4 is 17.1 Å². The van der Waals surface area contributed by atoms with Crippen molar-refractivity contribution in [2.75, 3.05) is 0 Å². The summed E-state index contributed by atoms with van der Waals surface area (Å²) in [5.74, 6) is 0.358. The smallest absolute Gasteiger partial charge is 0.299 e. The van der Waals surface area contributed by atoms with E-state index in [0.29, 0.717) is 5.75 Å². The Bertz CT molecular complexity index is 372. The third kappa shape index (κ3) is 2.91. The van der Waals surface area contributed by atoms with Gasteiger partial charge >= 0.3 is 0 Å². The lowest BCUT2D eigenvalue weighted by Crippen LogP contribution is -1.91. The molecule has 70 valence electrons. The third-order valence-corrected chi connectivity index (χ3v) is 1.78. The molecule has 1 aromatic carbocycles. The van der Waals surface area contributed by atoms with Crippen molar-refractivity contribution in [3.63, 3.8) is 0 Å². The van der Waals surface area contributed by atoms with Crippen LogP contribution in [-0.2, 0) is 11.0 Å². The Kier molecular flexibility index (Phi) is 3.52. The van der Waals surface area contributed by atoms with Gasteiger partial charge < -0.3 is 4.18 Å². The van der Waals surface area contributed by atoms with Crippen LogP contribution in [0.25, 0.3) is 6.08 Å². The van der Waals surface area contributed by atoms with Gasteiger partial charge in [0.15, 0.2) is 0 Å². The Morgan fingerprint density at radius 1 is 1.31 bits per heavy atom. The predicted octanol–water partition coefficient (Wildman–Crippen LogP) is 1.62. The zero-order valence-corrected chi connectivity index (χ0v) is 8.03. The van der Waals surface area contributed by atoms with Gasteiger partial charge in [-0.25, -0.2) is 0 Å². The highest BCUT2D eigenvalue weighted by molar-refractivity contribution is 7.67. The zero-order chi connectivity index (χ0) is 9.68. The molecule has 0 aliphatic rings. The van der Waals surface area contributed by atoms with E-state index in [0.717, 1.165) is 5.56 Å². The third-order valence-electron chi connectivity index (χ3n) is 1.44. The first-order valence-corrected chi connectivity index (χ1v) is 4.87. The van der Waals surface area contributed by atoms with E-state index in [9.17, 15) is 8.42 Å². The van der Waals surface area contributed by atoms with Crippen LogP contribution in [-0.4, -0.2) is 8.42 Å². The number of rotatable bonds is 3. The van der Waals surface area contributed by atoms with Crippen LogP contribution in [0.1, 0.15) is 12.5 Å². The molecule has 0 spiro atoms. The van der Waals surface area contributed by atoms with E-state index in [-0.39, 0.29) is 0 Å². The van der Waals surface area contributed by atoms with Crippen molar-refractivity contribution in [3.8, 4) is 5.75 Å². The maximum atomic E-state index is 10.3. The molecule has 3 nitrogen and oxygen atoms in total. The molecule has 0 amide bonds. The van der Waals surface area contributed by atoms with Crippen LogP contribution < -0.4 is 4.18 Å². The molecule has 13 heavy (non-hydrogen) atoms. The molecule has 0 saturated heterocycles. The van der Waals surface area contributed by atoms with Gasteiger partial charge in [-0.1, -0.05) is 30.4 Å². The normalized spacial score (nSPS) is 10.9. The summed E-state index contributed by atoms with van der Waals surface area (Å²) < 4.78 is 25.2. The van der Waals surface area contributed by atoms with Crippen LogP contribution in [0.4, 0.5) is 0 Å². The van der Waals surface area contributed by atoms with Gasteiger partial charge in [0.05, 0.1) is 0 Å². The monoisotopic (exact) mass is 198 g/mol. The topological polar surface area (TPSA) is 43.4 Å². The summed E-state index contributed by atoms with van der Waals surface area (Å²) in [5, 5.41) is 0. The van der Waals surface area contributed by atoms with Crippen molar-refractivity contribution in [2.24, 2.45) is 0 Å². The van der Waals surface area contributed by atoms with E-state index in [2.05, 4.69) is 4.18 Å². The van der Waals surface area contributed by atoms with E-state index in [1.54, 1.807) is 24.3 Å². The molecule has 1 aromatic rings. The van der Waals surface area contributed by atoms with Crippen LogP contribution in [0.3, 0.4) is 0 Å². The fourth-order valence-corrected chi connectivity index (χ4v) is 1.29. The predicted molar refractivity (Wildman–Crippen MR) is 52.1 cm³/mol. The molecular weight excluding hydrogens is 188 g/mol. The van der Waals surface area contributed by atoms with Gasteiger partial charge in [-0.2, -0.15) is 8.42 Å². The number of allylic oxidation sites excluding steroid dienone is 1. The maximum Gasteiger partial charge on any atom is 0.299 e. The fourth-order valence-electron chi connectivity index (χ4n) is 0.961. The first-order chi connectivity index (χ1) is 6.24. The minimum Gasteiger partial charge on any atom is -0.384 e. The second kappa shape index (κ2) is 4.67. The SMILES string of the molecule is CC=Cc1ccccc1O[SH](=O)=O. The Morgan fingerprint density at radius 2 is 2.00 bits per heavy atom. The highest BCUT2D eigenvalue weighted by Gasteiger charge is 1.98. The highest BCUT2D eigenvalue weighted by atomic mass is 32.2. The number of hydrogen-bond donors (Lipinski definition) is 1. The number of benzene rings is 1. The summed E-state index contributed by atoms with van der Waals surface area (Å²) in [6.45, 7) is 1.86. The van der Waals surface area contributed by atoms with Crippen molar-refractivity contribution in [3.05, 3.63) is 35.9 Å². The van der Waals surface area contributed by atoms with E-state index in [1.807, 2.05) is 19.1 Å². The first-order valence-electron chi connectivity index (χ1n) is 3.78. The molecule has 0 saturated carbocycles. The lowest BCUT2D eigenvalue weighted by atomic mass is 10.2. The number of thiol groups is 1. The van der Waals surface area contributed by atoms with Crippen LogP contribution in [0.5, 0.6) is 5.75 Å². The maximum absolute atomic E-state index is 10.3. The molecule has 0 aromatic heterocycles. The van der Waals surface area contributed by atoms with Crippen molar-refractivity contribution in [1.29, 1.82) is 0 Å². The van der Waals surface area contributed by atoms with Gasteiger partial charge in [-0.15, -0.1) is 0 Å². The summed E-state index contributed by atoms with van der Waals surface area (Å²) in [6.07, 6.45) is 3.61. The average Bonchev–Trinajstić information content (AvgIpc) is 2.08. The van der Waals surface area contributed by atoms with Crippen LogP contribution in [0.2, 0.25) is 0 Å². The number of hydrogen-bond acceptors (Lipinski definition) is 3. The van der Waals surface area contributed by atoms with Gasteiger partial charge in [-0.05, 0) is 13.0 Å². The molecular formula is C9H10O3S. The summed E-state index contributed by atoms with van der Waals surface area (Å²) in [5.41, 5.74) is 0.754.